The molecule has 1 fully saturated rings. The molecular formula is C17H17Br2NS. The van der Waals surface area contributed by atoms with Gasteiger partial charge in [-0.25, -0.2) is 0 Å². The zero-order valence-corrected chi connectivity index (χ0v) is 15.6. The molecule has 1 aliphatic carbocycles. The number of anilines is 2. The third-order valence-electron chi connectivity index (χ3n) is 3.68. The first-order valence-corrected chi connectivity index (χ1v) is 9.63. The van der Waals surface area contributed by atoms with Crippen LogP contribution in [0.4, 0.5) is 11.4 Å². The van der Waals surface area contributed by atoms with Crippen molar-refractivity contribution in [3.63, 3.8) is 0 Å². The van der Waals surface area contributed by atoms with Gasteiger partial charge in [-0.2, -0.15) is 0 Å². The van der Waals surface area contributed by atoms with Crippen molar-refractivity contribution < 1.29 is 0 Å². The molecule has 0 unspecified atom stereocenters. The highest BCUT2D eigenvalue weighted by Crippen LogP contribution is 2.43. The van der Waals surface area contributed by atoms with Crippen LogP contribution >= 0.6 is 43.8 Å². The summed E-state index contributed by atoms with van der Waals surface area (Å²) in [6.45, 7) is 0. The van der Waals surface area contributed by atoms with Crippen LogP contribution in [0.1, 0.15) is 25.7 Å². The van der Waals surface area contributed by atoms with E-state index in [9.17, 15) is 0 Å². The van der Waals surface area contributed by atoms with Crippen LogP contribution in [0.25, 0.3) is 0 Å². The number of halogens is 2. The molecular weight excluding hydrogens is 410 g/mol. The van der Waals surface area contributed by atoms with Crippen molar-refractivity contribution in [2.75, 3.05) is 4.31 Å². The molecule has 0 atom stereocenters. The van der Waals surface area contributed by atoms with Gasteiger partial charge in [-0.1, -0.05) is 47.0 Å². The molecule has 21 heavy (non-hydrogen) atoms. The van der Waals surface area contributed by atoms with Crippen molar-refractivity contribution in [3.05, 3.63) is 57.5 Å². The molecule has 0 saturated heterocycles. The van der Waals surface area contributed by atoms with E-state index in [0.29, 0.717) is 0 Å². The lowest BCUT2D eigenvalue weighted by molar-refractivity contribution is 0.886. The third-order valence-corrected chi connectivity index (χ3v) is 6.19. The number of hydrogen-bond donors (Lipinski definition) is 0. The van der Waals surface area contributed by atoms with Crippen molar-refractivity contribution in [2.45, 2.75) is 30.9 Å². The second-order valence-electron chi connectivity index (χ2n) is 5.24. The van der Waals surface area contributed by atoms with Gasteiger partial charge in [0.25, 0.3) is 0 Å². The second-order valence-corrected chi connectivity index (χ2v) is 8.25. The summed E-state index contributed by atoms with van der Waals surface area (Å²) in [5.74, 6) is 0. The fourth-order valence-corrected chi connectivity index (χ4v) is 5.31. The molecule has 1 aliphatic rings. The molecule has 0 radical (unpaired) electrons. The summed E-state index contributed by atoms with van der Waals surface area (Å²) in [5, 5.41) is 0.723. The monoisotopic (exact) mass is 425 g/mol. The van der Waals surface area contributed by atoms with Gasteiger partial charge in [-0.15, -0.1) is 0 Å². The zero-order valence-electron chi connectivity index (χ0n) is 11.6. The van der Waals surface area contributed by atoms with Crippen LogP contribution in [0.5, 0.6) is 0 Å². The van der Waals surface area contributed by atoms with Crippen LogP contribution in [0.3, 0.4) is 0 Å². The first-order chi connectivity index (χ1) is 10.2. The summed E-state index contributed by atoms with van der Waals surface area (Å²) in [6, 6.07) is 17.0. The van der Waals surface area contributed by atoms with Crippen molar-refractivity contribution >= 4 is 55.2 Å². The second kappa shape index (κ2) is 7.21. The maximum atomic E-state index is 3.71. The molecule has 0 aliphatic heterocycles. The summed E-state index contributed by atoms with van der Waals surface area (Å²) in [5.41, 5.74) is 2.44. The Labute approximate surface area is 147 Å². The summed E-state index contributed by atoms with van der Waals surface area (Å²) in [4.78, 5) is 0. The normalized spacial score (nSPS) is 15.3. The molecule has 2 aromatic rings. The van der Waals surface area contributed by atoms with E-state index in [1.54, 1.807) is 0 Å². The van der Waals surface area contributed by atoms with E-state index in [2.05, 4.69) is 84.7 Å². The van der Waals surface area contributed by atoms with E-state index in [0.717, 1.165) is 14.2 Å². The van der Waals surface area contributed by atoms with Crippen molar-refractivity contribution in [1.29, 1.82) is 0 Å². The van der Waals surface area contributed by atoms with Crippen molar-refractivity contribution in [1.82, 2.24) is 0 Å². The van der Waals surface area contributed by atoms with E-state index in [1.807, 2.05) is 11.9 Å². The average Bonchev–Trinajstić information content (AvgIpc) is 2.99. The first kappa shape index (κ1) is 15.4. The topological polar surface area (TPSA) is 3.24 Å². The van der Waals surface area contributed by atoms with E-state index >= 15 is 0 Å². The molecule has 0 spiro atoms. The molecule has 1 nitrogen and oxygen atoms in total. The van der Waals surface area contributed by atoms with Gasteiger partial charge < -0.3 is 0 Å². The standard InChI is InChI=1S/C17H17Br2NS/c18-13-10-11-17(16(19)12-13)20(14-6-2-1-3-7-14)21-15-8-4-5-9-15/h1-3,6-7,10-12,15H,4-5,8-9H2. The van der Waals surface area contributed by atoms with Gasteiger partial charge in [-0.3, -0.25) is 4.31 Å². The predicted molar refractivity (Wildman–Crippen MR) is 100 cm³/mol. The molecule has 4 heteroatoms. The van der Waals surface area contributed by atoms with Crippen LogP contribution in [0, 0.1) is 0 Å². The number of nitrogens with zero attached hydrogens (tertiary/aromatic N) is 1. The Morgan fingerprint density at radius 3 is 2.33 bits per heavy atom. The molecule has 2 aromatic carbocycles. The van der Waals surface area contributed by atoms with E-state index in [4.69, 9.17) is 0 Å². The van der Waals surface area contributed by atoms with Gasteiger partial charge in [0.15, 0.2) is 0 Å². The van der Waals surface area contributed by atoms with Crippen LogP contribution in [-0.4, -0.2) is 5.25 Å². The summed E-state index contributed by atoms with van der Waals surface area (Å²) in [6.07, 6.45) is 5.37. The van der Waals surface area contributed by atoms with Gasteiger partial charge in [0.2, 0.25) is 0 Å². The summed E-state index contributed by atoms with van der Waals surface area (Å²) >= 11 is 9.21. The molecule has 110 valence electrons. The lowest BCUT2D eigenvalue weighted by Gasteiger charge is -2.27. The highest BCUT2D eigenvalue weighted by molar-refractivity contribution is 9.11. The van der Waals surface area contributed by atoms with Gasteiger partial charge in [0.1, 0.15) is 0 Å². The highest BCUT2D eigenvalue weighted by Gasteiger charge is 2.22. The van der Waals surface area contributed by atoms with E-state index in [1.165, 1.54) is 37.1 Å². The Kier molecular flexibility index (Phi) is 5.30. The molecule has 3 rings (SSSR count). The zero-order chi connectivity index (χ0) is 14.7. The van der Waals surface area contributed by atoms with Crippen LogP contribution in [0.2, 0.25) is 0 Å². The van der Waals surface area contributed by atoms with E-state index < -0.39 is 0 Å². The Morgan fingerprint density at radius 1 is 0.952 bits per heavy atom. The Morgan fingerprint density at radius 2 is 1.67 bits per heavy atom. The SMILES string of the molecule is Brc1ccc(N(SC2CCCC2)c2ccccc2)c(Br)c1. The molecule has 0 N–H and O–H groups in total. The first-order valence-electron chi connectivity index (χ1n) is 7.21. The Bertz CT molecular complexity index is 597. The smallest absolute Gasteiger partial charge is 0.0668 e. The summed E-state index contributed by atoms with van der Waals surface area (Å²) in [7, 11) is 0. The van der Waals surface area contributed by atoms with Gasteiger partial charge in [0.05, 0.1) is 11.4 Å². The maximum Gasteiger partial charge on any atom is 0.0668 e. The van der Waals surface area contributed by atoms with Crippen LogP contribution in [-0.2, 0) is 0 Å². The van der Waals surface area contributed by atoms with E-state index in [-0.39, 0.29) is 0 Å². The van der Waals surface area contributed by atoms with Gasteiger partial charge in [0, 0.05) is 14.2 Å². The fraction of sp³-hybridized carbons (Fsp3) is 0.294. The van der Waals surface area contributed by atoms with Crippen molar-refractivity contribution in [3.8, 4) is 0 Å². The lowest BCUT2D eigenvalue weighted by atomic mass is 10.3. The quantitative estimate of drug-likeness (QED) is 0.487. The minimum atomic E-state index is 0.723. The number of para-hydroxylation sites is 1. The van der Waals surface area contributed by atoms with Crippen molar-refractivity contribution in [2.24, 2.45) is 0 Å². The van der Waals surface area contributed by atoms with Gasteiger partial charge >= 0.3 is 0 Å². The molecule has 0 aromatic heterocycles. The van der Waals surface area contributed by atoms with Crippen LogP contribution in [0.15, 0.2) is 57.5 Å². The van der Waals surface area contributed by atoms with Gasteiger partial charge in [-0.05, 0) is 71.1 Å². The predicted octanol–water partition coefficient (Wildman–Crippen LogP) is 6.94. The van der Waals surface area contributed by atoms with Crippen LogP contribution < -0.4 is 4.31 Å². The Balaban J connectivity index is 1.94. The minimum Gasteiger partial charge on any atom is -0.283 e. The number of benzene rings is 2. The number of rotatable bonds is 4. The lowest BCUT2D eigenvalue weighted by Crippen LogP contribution is -2.13. The summed E-state index contributed by atoms with van der Waals surface area (Å²) < 4.78 is 4.58. The maximum absolute atomic E-state index is 3.71. The number of hydrogen-bond acceptors (Lipinski definition) is 2. The largest absolute Gasteiger partial charge is 0.283 e. The Hall–Kier alpha value is -0.450. The molecule has 0 heterocycles. The molecule has 1 saturated carbocycles. The highest BCUT2D eigenvalue weighted by atomic mass is 79.9. The third kappa shape index (κ3) is 3.85. The molecule has 0 bridgehead atoms. The fourth-order valence-electron chi connectivity index (χ4n) is 2.61. The molecule has 0 amide bonds. The minimum absolute atomic E-state index is 0.723. The average molecular weight is 427 g/mol.